The van der Waals surface area contributed by atoms with Gasteiger partial charge in [0.25, 0.3) is 0 Å². The number of hydrogen-bond donors (Lipinski definition) is 1. The number of hydrogen-bond acceptors (Lipinski definition) is 4. The van der Waals surface area contributed by atoms with Gasteiger partial charge in [0.2, 0.25) is 5.91 Å². The Kier molecular flexibility index (Phi) is 5.21. The first kappa shape index (κ1) is 12.6. The van der Waals surface area contributed by atoms with Crippen molar-refractivity contribution in [3.63, 3.8) is 0 Å². The lowest BCUT2D eigenvalue weighted by molar-refractivity contribution is -0.132. The Morgan fingerprint density at radius 2 is 2.13 bits per heavy atom. The molecule has 1 saturated heterocycles. The van der Waals surface area contributed by atoms with Crippen molar-refractivity contribution in [3.8, 4) is 0 Å². The van der Waals surface area contributed by atoms with E-state index >= 15 is 0 Å². The van der Waals surface area contributed by atoms with E-state index in [0.717, 1.165) is 0 Å². The molecule has 88 valence electrons. The zero-order valence-corrected chi connectivity index (χ0v) is 9.79. The minimum absolute atomic E-state index is 0.0584. The van der Waals surface area contributed by atoms with Crippen molar-refractivity contribution in [2.24, 2.45) is 5.73 Å². The molecule has 15 heavy (non-hydrogen) atoms. The lowest BCUT2D eigenvalue weighted by Crippen LogP contribution is -2.43. The van der Waals surface area contributed by atoms with Gasteiger partial charge in [0, 0.05) is 35.7 Å². The first-order valence-corrected chi connectivity index (χ1v) is 6.46. The van der Waals surface area contributed by atoms with E-state index in [1.54, 1.807) is 11.8 Å². The number of morpholine rings is 1. The van der Waals surface area contributed by atoms with Crippen molar-refractivity contribution < 1.29 is 13.7 Å². The quantitative estimate of drug-likeness (QED) is 0.673. The molecule has 1 aliphatic rings. The molecule has 5 nitrogen and oxygen atoms in total. The van der Waals surface area contributed by atoms with Gasteiger partial charge in [-0.05, 0) is 6.92 Å². The summed E-state index contributed by atoms with van der Waals surface area (Å²) in [5.74, 6) is 0.0233. The van der Waals surface area contributed by atoms with Crippen LogP contribution in [0.5, 0.6) is 0 Å². The third-order valence-corrected chi connectivity index (χ3v) is 4.03. The van der Waals surface area contributed by atoms with Gasteiger partial charge in [-0.1, -0.05) is 0 Å². The molecule has 1 fully saturated rings. The minimum atomic E-state index is -1.15. The molecule has 0 aromatic heterocycles. The van der Waals surface area contributed by atoms with Crippen molar-refractivity contribution in [2.75, 3.05) is 38.6 Å². The van der Waals surface area contributed by atoms with Gasteiger partial charge in [-0.15, -0.1) is 0 Å². The van der Waals surface area contributed by atoms with E-state index in [9.17, 15) is 9.00 Å². The second kappa shape index (κ2) is 6.19. The predicted octanol–water partition coefficient (Wildman–Crippen LogP) is -1.06. The molecule has 1 rings (SSSR count). The highest BCUT2D eigenvalue weighted by molar-refractivity contribution is 7.86. The van der Waals surface area contributed by atoms with Crippen LogP contribution in [0.3, 0.4) is 0 Å². The summed E-state index contributed by atoms with van der Waals surface area (Å²) in [4.78, 5) is 13.4. The molecule has 0 spiro atoms. The Balaban J connectivity index is 2.37. The molecule has 0 aliphatic carbocycles. The van der Waals surface area contributed by atoms with E-state index in [2.05, 4.69) is 0 Å². The van der Waals surface area contributed by atoms with Crippen LogP contribution < -0.4 is 5.73 Å². The zero-order chi connectivity index (χ0) is 11.3. The molecular weight excluding hydrogens is 216 g/mol. The summed E-state index contributed by atoms with van der Waals surface area (Å²) >= 11 is 0. The number of carbonyl (C=O) groups excluding carboxylic acids is 1. The molecule has 0 saturated carbocycles. The third kappa shape index (κ3) is 3.89. The SMILES string of the molecule is CC(CN)S(=O)CC(=O)N1CCOCC1. The van der Waals surface area contributed by atoms with Crippen molar-refractivity contribution in [2.45, 2.75) is 12.2 Å². The molecule has 1 heterocycles. The van der Waals surface area contributed by atoms with E-state index in [0.29, 0.717) is 32.8 Å². The Bertz CT molecular complexity index is 242. The highest BCUT2D eigenvalue weighted by atomic mass is 32.2. The molecule has 2 atom stereocenters. The topological polar surface area (TPSA) is 72.6 Å². The summed E-state index contributed by atoms with van der Waals surface area (Å²) < 4.78 is 16.7. The number of rotatable bonds is 4. The highest BCUT2D eigenvalue weighted by Gasteiger charge is 2.20. The Morgan fingerprint density at radius 1 is 1.53 bits per heavy atom. The van der Waals surface area contributed by atoms with Crippen LogP contribution in [-0.4, -0.2) is 58.9 Å². The Hall–Kier alpha value is -0.460. The normalized spacial score (nSPS) is 21.1. The molecule has 6 heteroatoms. The van der Waals surface area contributed by atoms with Crippen molar-refractivity contribution in [3.05, 3.63) is 0 Å². The van der Waals surface area contributed by atoms with Crippen LogP contribution in [0.1, 0.15) is 6.92 Å². The van der Waals surface area contributed by atoms with Gasteiger partial charge in [-0.25, -0.2) is 0 Å². The lowest BCUT2D eigenvalue weighted by atomic mass is 10.4. The molecule has 0 radical (unpaired) electrons. The molecule has 0 bridgehead atoms. The van der Waals surface area contributed by atoms with Crippen LogP contribution in [0, 0.1) is 0 Å². The Labute approximate surface area is 92.4 Å². The number of nitrogens with two attached hydrogens (primary N) is 1. The van der Waals surface area contributed by atoms with Gasteiger partial charge in [0.15, 0.2) is 0 Å². The first-order chi connectivity index (χ1) is 7.15. The Morgan fingerprint density at radius 3 is 2.67 bits per heavy atom. The van der Waals surface area contributed by atoms with Gasteiger partial charge in [0.1, 0.15) is 5.75 Å². The maximum atomic E-state index is 11.7. The summed E-state index contributed by atoms with van der Waals surface area (Å²) in [5, 5.41) is -0.116. The van der Waals surface area contributed by atoms with Crippen molar-refractivity contribution >= 4 is 16.7 Å². The van der Waals surface area contributed by atoms with Crippen LogP contribution in [-0.2, 0) is 20.3 Å². The van der Waals surface area contributed by atoms with Crippen LogP contribution in [0.4, 0.5) is 0 Å². The zero-order valence-electron chi connectivity index (χ0n) is 8.98. The van der Waals surface area contributed by atoms with Crippen LogP contribution in [0.2, 0.25) is 0 Å². The number of ether oxygens (including phenoxy) is 1. The molecule has 1 amide bonds. The van der Waals surface area contributed by atoms with E-state index in [4.69, 9.17) is 10.5 Å². The van der Waals surface area contributed by atoms with Gasteiger partial charge in [0.05, 0.1) is 13.2 Å². The van der Waals surface area contributed by atoms with E-state index in [1.165, 1.54) is 0 Å². The van der Waals surface area contributed by atoms with Gasteiger partial charge in [-0.3, -0.25) is 9.00 Å². The molecule has 2 unspecified atom stereocenters. The smallest absolute Gasteiger partial charge is 0.235 e. The number of nitrogens with zero attached hydrogens (tertiary/aromatic N) is 1. The van der Waals surface area contributed by atoms with Crippen LogP contribution >= 0.6 is 0 Å². The monoisotopic (exact) mass is 234 g/mol. The maximum absolute atomic E-state index is 11.7. The van der Waals surface area contributed by atoms with E-state index in [1.807, 2.05) is 0 Å². The summed E-state index contributed by atoms with van der Waals surface area (Å²) in [6.45, 7) is 4.50. The second-order valence-electron chi connectivity index (χ2n) is 3.56. The average molecular weight is 234 g/mol. The number of carbonyl (C=O) groups is 1. The summed E-state index contributed by atoms with van der Waals surface area (Å²) in [5.41, 5.74) is 5.39. The highest BCUT2D eigenvalue weighted by Crippen LogP contribution is 2.01. The fourth-order valence-electron chi connectivity index (χ4n) is 1.28. The number of amides is 1. The van der Waals surface area contributed by atoms with Crippen LogP contribution in [0.25, 0.3) is 0 Å². The van der Waals surface area contributed by atoms with Crippen molar-refractivity contribution in [1.82, 2.24) is 4.90 Å². The predicted molar refractivity (Wildman–Crippen MR) is 58.9 cm³/mol. The fraction of sp³-hybridized carbons (Fsp3) is 0.889. The molecule has 2 N–H and O–H groups in total. The average Bonchev–Trinajstić information content (AvgIpc) is 2.29. The molecule has 1 aliphatic heterocycles. The van der Waals surface area contributed by atoms with Crippen LogP contribution in [0.15, 0.2) is 0 Å². The summed E-state index contributed by atoms with van der Waals surface area (Å²) in [6, 6.07) is 0. The second-order valence-corrected chi connectivity index (χ2v) is 5.42. The van der Waals surface area contributed by atoms with Gasteiger partial charge in [-0.2, -0.15) is 0 Å². The molecule has 0 aromatic carbocycles. The standard InChI is InChI=1S/C9H18N2O3S/c1-8(6-10)15(13)7-9(12)11-2-4-14-5-3-11/h8H,2-7,10H2,1H3. The van der Waals surface area contributed by atoms with E-state index < -0.39 is 10.8 Å². The molecule has 0 aromatic rings. The first-order valence-electron chi connectivity index (χ1n) is 5.08. The van der Waals surface area contributed by atoms with Gasteiger partial charge >= 0.3 is 0 Å². The van der Waals surface area contributed by atoms with E-state index in [-0.39, 0.29) is 16.9 Å². The summed E-state index contributed by atoms with van der Waals surface area (Å²) in [7, 11) is -1.15. The maximum Gasteiger partial charge on any atom is 0.235 e. The fourth-order valence-corrected chi connectivity index (χ4v) is 2.20. The summed E-state index contributed by atoms with van der Waals surface area (Å²) in [6.07, 6.45) is 0. The largest absolute Gasteiger partial charge is 0.378 e. The van der Waals surface area contributed by atoms with Gasteiger partial charge < -0.3 is 15.4 Å². The van der Waals surface area contributed by atoms with Crippen molar-refractivity contribution in [1.29, 1.82) is 0 Å². The third-order valence-electron chi connectivity index (χ3n) is 2.41. The minimum Gasteiger partial charge on any atom is -0.378 e. The lowest BCUT2D eigenvalue weighted by Gasteiger charge is -2.27. The molecular formula is C9H18N2O3S.